The van der Waals surface area contributed by atoms with Gasteiger partial charge in [-0.15, -0.1) is 0 Å². The standard InChI is InChI=1S/C51H33N3O/c1-5-17-34(18-6-1)44-33-45(54-51(53-44)37-23-11-4-12-24-37)40-27-15-25-38(31-40)39-26-16-28-41(32-39)46-47-42-29-13-14-30-43(42)52-48(35-19-7-2-8-20-35)50(47)55-49(46)36-21-9-3-10-22-36/h1-33H. The minimum Gasteiger partial charge on any atom is -0.453 e. The molecule has 4 heteroatoms. The third-order valence-electron chi connectivity index (χ3n) is 10.1. The largest absolute Gasteiger partial charge is 0.453 e. The van der Waals surface area contributed by atoms with Crippen LogP contribution >= 0.6 is 0 Å². The minimum absolute atomic E-state index is 0.696. The molecule has 0 radical (unpaired) electrons. The molecule has 0 amide bonds. The lowest BCUT2D eigenvalue weighted by Crippen LogP contribution is -1.96. The number of fused-ring (bicyclic) bond motifs is 3. The van der Waals surface area contributed by atoms with Crippen LogP contribution < -0.4 is 0 Å². The van der Waals surface area contributed by atoms with Gasteiger partial charge in [-0.1, -0.05) is 176 Å². The van der Waals surface area contributed by atoms with E-state index in [4.69, 9.17) is 19.4 Å². The molecule has 10 aromatic rings. The van der Waals surface area contributed by atoms with Crippen molar-refractivity contribution in [2.75, 3.05) is 0 Å². The van der Waals surface area contributed by atoms with Gasteiger partial charge in [0.25, 0.3) is 0 Å². The molecule has 258 valence electrons. The first kappa shape index (κ1) is 32.2. The Labute approximate surface area is 319 Å². The average Bonchev–Trinajstić information content (AvgIpc) is 3.69. The van der Waals surface area contributed by atoms with Crippen LogP contribution in [0.25, 0.3) is 101 Å². The highest BCUT2D eigenvalue weighted by Crippen LogP contribution is 2.47. The molecule has 0 aliphatic heterocycles. The molecule has 0 N–H and O–H groups in total. The van der Waals surface area contributed by atoms with Gasteiger partial charge in [0.05, 0.1) is 16.9 Å². The number of nitrogens with zero attached hydrogens (tertiary/aromatic N) is 3. The fraction of sp³-hybridized carbons (Fsp3) is 0. The van der Waals surface area contributed by atoms with E-state index in [1.807, 2.05) is 66.7 Å². The van der Waals surface area contributed by atoms with Gasteiger partial charge < -0.3 is 4.42 Å². The first-order valence-electron chi connectivity index (χ1n) is 18.4. The first-order chi connectivity index (χ1) is 27.3. The molecule has 0 spiro atoms. The Morgan fingerprint density at radius 1 is 0.345 bits per heavy atom. The maximum Gasteiger partial charge on any atom is 0.162 e. The van der Waals surface area contributed by atoms with Crippen LogP contribution in [0.4, 0.5) is 0 Å². The quantitative estimate of drug-likeness (QED) is 0.166. The second-order valence-corrected chi connectivity index (χ2v) is 13.6. The fourth-order valence-corrected chi connectivity index (χ4v) is 7.45. The Hall–Kier alpha value is -7.43. The molecule has 0 bridgehead atoms. The van der Waals surface area contributed by atoms with Crippen LogP contribution in [0.15, 0.2) is 205 Å². The van der Waals surface area contributed by atoms with Crippen LogP contribution in [0.5, 0.6) is 0 Å². The van der Waals surface area contributed by atoms with Gasteiger partial charge in [-0.25, -0.2) is 15.0 Å². The molecule has 0 saturated heterocycles. The maximum absolute atomic E-state index is 6.97. The van der Waals surface area contributed by atoms with Crippen molar-refractivity contribution in [2.24, 2.45) is 0 Å². The van der Waals surface area contributed by atoms with Gasteiger partial charge in [-0.2, -0.15) is 0 Å². The van der Waals surface area contributed by atoms with Crippen LogP contribution in [0.3, 0.4) is 0 Å². The van der Waals surface area contributed by atoms with E-state index in [0.29, 0.717) is 5.82 Å². The van der Waals surface area contributed by atoms with Crippen molar-refractivity contribution in [1.82, 2.24) is 15.0 Å². The molecule has 4 nitrogen and oxygen atoms in total. The summed E-state index contributed by atoms with van der Waals surface area (Å²) in [5, 5.41) is 2.11. The second-order valence-electron chi connectivity index (χ2n) is 13.6. The number of para-hydroxylation sites is 1. The van der Waals surface area contributed by atoms with Crippen molar-refractivity contribution >= 4 is 21.9 Å². The van der Waals surface area contributed by atoms with Crippen molar-refractivity contribution in [1.29, 1.82) is 0 Å². The van der Waals surface area contributed by atoms with Gasteiger partial charge in [-0.05, 0) is 41.0 Å². The summed E-state index contributed by atoms with van der Waals surface area (Å²) in [5.41, 5.74) is 13.6. The Kier molecular flexibility index (Phi) is 8.12. The van der Waals surface area contributed by atoms with Crippen LogP contribution in [0.2, 0.25) is 0 Å². The Balaban J connectivity index is 1.15. The molecule has 0 unspecified atom stereocenters. The number of furan rings is 1. The number of pyridine rings is 1. The van der Waals surface area contributed by atoms with E-state index in [0.717, 1.165) is 94.8 Å². The normalized spacial score (nSPS) is 11.3. The highest BCUT2D eigenvalue weighted by atomic mass is 16.3. The summed E-state index contributed by atoms with van der Waals surface area (Å²) in [4.78, 5) is 15.3. The highest BCUT2D eigenvalue weighted by molar-refractivity contribution is 6.18. The molecule has 0 aliphatic rings. The van der Waals surface area contributed by atoms with Crippen molar-refractivity contribution in [3.8, 4) is 78.7 Å². The number of hydrogen-bond acceptors (Lipinski definition) is 4. The maximum atomic E-state index is 6.97. The second kappa shape index (κ2) is 13.8. The van der Waals surface area contributed by atoms with Gasteiger partial charge >= 0.3 is 0 Å². The summed E-state index contributed by atoms with van der Waals surface area (Å²) in [6.07, 6.45) is 0. The zero-order chi connectivity index (χ0) is 36.6. The van der Waals surface area contributed by atoms with Crippen LogP contribution in [0.1, 0.15) is 0 Å². The van der Waals surface area contributed by atoms with Crippen molar-refractivity contribution in [3.63, 3.8) is 0 Å². The summed E-state index contributed by atoms with van der Waals surface area (Å²) in [5.74, 6) is 1.51. The number of rotatable bonds is 7. The summed E-state index contributed by atoms with van der Waals surface area (Å²) in [7, 11) is 0. The van der Waals surface area contributed by atoms with Crippen LogP contribution in [0, 0.1) is 0 Å². The van der Waals surface area contributed by atoms with Crippen molar-refractivity contribution < 1.29 is 4.42 Å². The lowest BCUT2D eigenvalue weighted by atomic mass is 9.93. The summed E-state index contributed by atoms with van der Waals surface area (Å²) < 4.78 is 6.97. The van der Waals surface area contributed by atoms with E-state index in [-0.39, 0.29) is 0 Å². The first-order valence-corrected chi connectivity index (χ1v) is 18.4. The molecular weight excluding hydrogens is 671 g/mol. The van der Waals surface area contributed by atoms with Crippen molar-refractivity contribution in [2.45, 2.75) is 0 Å². The molecule has 0 fully saturated rings. The van der Waals surface area contributed by atoms with Gasteiger partial charge in [0.1, 0.15) is 11.5 Å². The Morgan fingerprint density at radius 2 is 0.836 bits per heavy atom. The van der Waals surface area contributed by atoms with Gasteiger partial charge in [0, 0.05) is 44.2 Å². The number of benzene rings is 7. The average molecular weight is 704 g/mol. The zero-order valence-corrected chi connectivity index (χ0v) is 29.8. The van der Waals surface area contributed by atoms with E-state index in [9.17, 15) is 0 Å². The predicted octanol–water partition coefficient (Wildman–Crippen LogP) is 13.4. The number of hydrogen-bond donors (Lipinski definition) is 0. The lowest BCUT2D eigenvalue weighted by Gasteiger charge is -2.12. The molecule has 7 aromatic carbocycles. The Morgan fingerprint density at radius 3 is 1.51 bits per heavy atom. The molecule has 0 saturated carbocycles. The third-order valence-corrected chi connectivity index (χ3v) is 10.1. The predicted molar refractivity (Wildman–Crippen MR) is 225 cm³/mol. The van der Waals surface area contributed by atoms with E-state index in [1.165, 1.54) is 0 Å². The minimum atomic E-state index is 0.696. The van der Waals surface area contributed by atoms with E-state index < -0.39 is 0 Å². The van der Waals surface area contributed by atoms with E-state index in [2.05, 4.69) is 133 Å². The molecule has 0 atom stereocenters. The molecule has 10 rings (SSSR count). The highest BCUT2D eigenvalue weighted by Gasteiger charge is 2.24. The molecular formula is C51H33N3O. The molecule has 3 heterocycles. The summed E-state index contributed by atoms with van der Waals surface area (Å²) >= 11 is 0. The zero-order valence-electron chi connectivity index (χ0n) is 29.8. The van der Waals surface area contributed by atoms with Gasteiger partial charge in [-0.3, -0.25) is 0 Å². The van der Waals surface area contributed by atoms with Gasteiger partial charge in [0.2, 0.25) is 0 Å². The topological polar surface area (TPSA) is 51.8 Å². The van der Waals surface area contributed by atoms with Crippen LogP contribution in [-0.2, 0) is 0 Å². The third kappa shape index (κ3) is 6.06. The summed E-state index contributed by atoms with van der Waals surface area (Å²) in [6.45, 7) is 0. The monoisotopic (exact) mass is 703 g/mol. The Bertz CT molecular complexity index is 2900. The van der Waals surface area contributed by atoms with Gasteiger partial charge in [0.15, 0.2) is 11.4 Å². The van der Waals surface area contributed by atoms with E-state index >= 15 is 0 Å². The molecule has 0 aliphatic carbocycles. The number of aromatic nitrogens is 3. The van der Waals surface area contributed by atoms with E-state index in [1.54, 1.807) is 0 Å². The molecule has 55 heavy (non-hydrogen) atoms. The molecule has 3 aromatic heterocycles. The smallest absolute Gasteiger partial charge is 0.162 e. The lowest BCUT2D eigenvalue weighted by molar-refractivity contribution is 0.632. The van der Waals surface area contributed by atoms with Crippen LogP contribution in [-0.4, -0.2) is 15.0 Å². The van der Waals surface area contributed by atoms with Crippen molar-refractivity contribution in [3.05, 3.63) is 200 Å². The fourth-order valence-electron chi connectivity index (χ4n) is 7.45. The summed E-state index contributed by atoms with van der Waals surface area (Å²) in [6, 6.07) is 69.0. The SMILES string of the molecule is c1ccc(-c2cc(-c3cccc(-c4cccc(-c5c(-c6ccccc6)oc6c(-c7ccccc7)nc7ccccc7c56)c4)c3)nc(-c3ccccc3)n2)cc1.